The van der Waals surface area contributed by atoms with Gasteiger partial charge in [0, 0.05) is 12.2 Å². The normalized spacial score (nSPS) is 34.0. The predicted octanol–water partition coefficient (Wildman–Crippen LogP) is 3.57. The number of rotatable bonds is 4. The molecule has 1 amide bonds. The highest BCUT2D eigenvalue weighted by Gasteiger charge is 2.50. The van der Waals surface area contributed by atoms with E-state index in [1.807, 2.05) is 24.3 Å². The summed E-state index contributed by atoms with van der Waals surface area (Å²) in [6, 6.07) is 7.61. The summed E-state index contributed by atoms with van der Waals surface area (Å²) in [5.41, 5.74) is 7.89. The predicted molar refractivity (Wildman–Crippen MR) is 95.4 cm³/mol. The Balaban J connectivity index is 0.00000156. The van der Waals surface area contributed by atoms with Crippen LogP contribution in [0.5, 0.6) is 0 Å². The summed E-state index contributed by atoms with van der Waals surface area (Å²) in [6.07, 6.45) is 8.88. The molecule has 3 N–H and O–H groups in total. The zero-order valence-corrected chi connectivity index (χ0v) is 14.4. The third-order valence-corrected chi connectivity index (χ3v) is 6.17. The molecule has 0 saturated heterocycles. The lowest BCUT2D eigenvalue weighted by Crippen LogP contribution is -2.51. The van der Waals surface area contributed by atoms with Gasteiger partial charge < -0.3 is 11.1 Å². The van der Waals surface area contributed by atoms with E-state index in [1.54, 1.807) is 0 Å². The molecule has 4 saturated carbocycles. The number of nitrogens with two attached hydrogens (primary N) is 1. The number of halogens is 1. The number of benzene rings is 1. The smallest absolute Gasteiger partial charge is 0.224 e. The fourth-order valence-corrected chi connectivity index (χ4v) is 5.68. The van der Waals surface area contributed by atoms with Gasteiger partial charge in [-0.05, 0) is 79.4 Å². The molecule has 4 heteroatoms. The molecular formula is C19H27ClN2O. The highest BCUT2D eigenvalue weighted by molar-refractivity contribution is 5.85. The van der Waals surface area contributed by atoms with E-state index in [0.717, 1.165) is 35.5 Å². The molecule has 0 heterocycles. The first-order valence-electron chi connectivity index (χ1n) is 8.71. The van der Waals surface area contributed by atoms with E-state index >= 15 is 0 Å². The summed E-state index contributed by atoms with van der Waals surface area (Å²) in [7, 11) is 0. The molecule has 23 heavy (non-hydrogen) atoms. The van der Waals surface area contributed by atoms with E-state index < -0.39 is 0 Å². The number of hydrogen-bond donors (Lipinski definition) is 2. The molecule has 1 aromatic carbocycles. The SMILES string of the molecule is Cl.Nc1ccc(CC(=O)NCC23CC4CC(CC(C4)C2)C3)cc1. The zero-order valence-electron chi connectivity index (χ0n) is 13.6. The Labute approximate surface area is 144 Å². The van der Waals surface area contributed by atoms with Crippen molar-refractivity contribution in [3.05, 3.63) is 29.8 Å². The zero-order chi connectivity index (χ0) is 15.2. The maximum absolute atomic E-state index is 12.2. The number of carbonyl (C=O) groups is 1. The average molecular weight is 335 g/mol. The van der Waals surface area contributed by atoms with Crippen molar-refractivity contribution < 1.29 is 4.79 Å². The van der Waals surface area contributed by atoms with E-state index in [9.17, 15) is 4.79 Å². The maximum atomic E-state index is 12.2. The molecular weight excluding hydrogens is 308 g/mol. The van der Waals surface area contributed by atoms with Crippen LogP contribution in [0.2, 0.25) is 0 Å². The maximum Gasteiger partial charge on any atom is 0.224 e. The van der Waals surface area contributed by atoms with Gasteiger partial charge in [0.1, 0.15) is 0 Å². The van der Waals surface area contributed by atoms with Crippen LogP contribution in [0.15, 0.2) is 24.3 Å². The molecule has 4 fully saturated rings. The Hall–Kier alpha value is -1.22. The first-order chi connectivity index (χ1) is 10.6. The standard InChI is InChI=1S/C19H26N2O.ClH/c20-17-3-1-13(2-4-17)8-18(22)21-12-19-9-14-5-15(10-19)7-16(6-14)11-19;/h1-4,14-16H,5-12,20H2,(H,21,22);1H. The molecule has 0 aromatic heterocycles. The van der Waals surface area contributed by atoms with Crippen LogP contribution < -0.4 is 11.1 Å². The summed E-state index contributed by atoms with van der Waals surface area (Å²) in [5, 5.41) is 3.23. The molecule has 0 unspecified atom stereocenters. The van der Waals surface area contributed by atoms with Gasteiger partial charge in [-0.15, -0.1) is 12.4 Å². The Morgan fingerprint density at radius 1 is 1.04 bits per heavy atom. The highest BCUT2D eigenvalue weighted by atomic mass is 35.5. The van der Waals surface area contributed by atoms with Crippen LogP contribution in [0.4, 0.5) is 5.69 Å². The Bertz CT molecular complexity index is 534. The highest BCUT2D eigenvalue weighted by Crippen LogP contribution is 2.59. The Morgan fingerprint density at radius 2 is 1.57 bits per heavy atom. The fraction of sp³-hybridized carbons (Fsp3) is 0.632. The van der Waals surface area contributed by atoms with Gasteiger partial charge in [0.05, 0.1) is 6.42 Å². The quantitative estimate of drug-likeness (QED) is 0.827. The second kappa shape index (κ2) is 6.35. The third kappa shape index (κ3) is 3.50. The van der Waals surface area contributed by atoms with Crippen molar-refractivity contribution in [3.63, 3.8) is 0 Å². The molecule has 1 aromatic rings. The van der Waals surface area contributed by atoms with E-state index in [2.05, 4.69) is 5.32 Å². The van der Waals surface area contributed by atoms with Crippen LogP contribution in [-0.2, 0) is 11.2 Å². The molecule has 4 bridgehead atoms. The molecule has 0 atom stereocenters. The van der Waals surface area contributed by atoms with Gasteiger partial charge in [-0.1, -0.05) is 12.1 Å². The van der Waals surface area contributed by atoms with Crippen LogP contribution in [0, 0.1) is 23.2 Å². The molecule has 0 aliphatic heterocycles. The van der Waals surface area contributed by atoms with Crippen molar-refractivity contribution in [1.29, 1.82) is 0 Å². The van der Waals surface area contributed by atoms with Gasteiger partial charge in [0.25, 0.3) is 0 Å². The number of anilines is 1. The van der Waals surface area contributed by atoms with E-state index in [1.165, 1.54) is 38.5 Å². The van der Waals surface area contributed by atoms with Crippen LogP contribution in [0.25, 0.3) is 0 Å². The minimum atomic E-state index is 0. The number of nitrogens with one attached hydrogen (secondary N) is 1. The van der Waals surface area contributed by atoms with Crippen molar-refractivity contribution in [2.75, 3.05) is 12.3 Å². The third-order valence-electron chi connectivity index (χ3n) is 6.17. The van der Waals surface area contributed by atoms with Gasteiger partial charge in [-0.25, -0.2) is 0 Å². The summed E-state index contributed by atoms with van der Waals surface area (Å²) < 4.78 is 0. The van der Waals surface area contributed by atoms with Crippen molar-refractivity contribution in [1.82, 2.24) is 5.32 Å². The lowest BCUT2D eigenvalue weighted by Gasteiger charge is -2.56. The number of hydrogen-bond acceptors (Lipinski definition) is 2. The first kappa shape index (κ1) is 16.6. The van der Waals surface area contributed by atoms with Gasteiger partial charge in [0.15, 0.2) is 0 Å². The van der Waals surface area contributed by atoms with Gasteiger partial charge in [-0.2, -0.15) is 0 Å². The van der Waals surface area contributed by atoms with Gasteiger partial charge in [0.2, 0.25) is 5.91 Å². The van der Waals surface area contributed by atoms with Crippen LogP contribution >= 0.6 is 12.4 Å². The second-order valence-electron chi connectivity index (χ2n) is 8.11. The number of nitrogen functional groups attached to an aromatic ring is 1. The molecule has 4 aliphatic carbocycles. The van der Waals surface area contributed by atoms with E-state index in [0.29, 0.717) is 11.8 Å². The van der Waals surface area contributed by atoms with Gasteiger partial charge >= 0.3 is 0 Å². The summed E-state index contributed by atoms with van der Waals surface area (Å²) >= 11 is 0. The molecule has 0 radical (unpaired) electrons. The molecule has 4 aliphatic rings. The fourth-order valence-electron chi connectivity index (χ4n) is 5.68. The summed E-state index contributed by atoms with van der Waals surface area (Å²) in [4.78, 5) is 12.2. The van der Waals surface area contributed by atoms with Gasteiger partial charge in [-0.3, -0.25) is 4.79 Å². The Kier molecular flexibility index (Phi) is 4.59. The lowest BCUT2D eigenvalue weighted by molar-refractivity contribution is -0.122. The van der Waals surface area contributed by atoms with Crippen molar-refractivity contribution in [3.8, 4) is 0 Å². The number of amides is 1. The first-order valence-corrected chi connectivity index (χ1v) is 8.71. The molecule has 0 spiro atoms. The molecule has 5 rings (SSSR count). The second-order valence-corrected chi connectivity index (χ2v) is 8.11. The largest absolute Gasteiger partial charge is 0.399 e. The monoisotopic (exact) mass is 334 g/mol. The molecule has 3 nitrogen and oxygen atoms in total. The van der Waals surface area contributed by atoms with Crippen LogP contribution in [0.3, 0.4) is 0 Å². The minimum Gasteiger partial charge on any atom is -0.399 e. The van der Waals surface area contributed by atoms with E-state index in [4.69, 9.17) is 5.73 Å². The topological polar surface area (TPSA) is 55.1 Å². The lowest BCUT2D eigenvalue weighted by atomic mass is 9.49. The Morgan fingerprint density at radius 3 is 2.09 bits per heavy atom. The van der Waals surface area contributed by atoms with Crippen molar-refractivity contribution >= 4 is 24.0 Å². The summed E-state index contributed by atoms with van der Waals surface area (Å²) in [6.45, 7) is 0.893. The summed E-state index contributed by atoms with van der Waals surface area (Å²) in [5.74, 6) is 2.99. The van der Waals surface area contributed by atoms with Crippen LogP contribution in [0.1, 0.15) is 44.1 Å². The number of carbonyl (C=O) groups excluding carboxylic acids is 1. The van der Waals surface area contributed by atoms with Crippen LogP contribution in [-0.4, -0.2) is 12.5 Å². The molecule has 126 valence electrons. The van der Waals surface area contributed by atoms with Crippen molar-refractivity contribution in [2.24, 2.45) is 23.2 Å². The average Bonchev–Trinajstić information content (AvgIpc) is 2.46. The minimum absolute atomic E-state index is 0. The van der Waals surface area contributed by atoms with E-state index in [-0.39, 0.29) is 18.3 Å². The van der Waals surface area contributed by atoms with Crippen molar-refractivity contribution in [2.45, 2.75) is 44.9 Å².